The SMILES string of the molecule is CCNC(=NCc1nc(C)c(C)s1)N(C)Cc1cc(OC)c(OC)cc1C. The highest BCUT2D eigenvalue weighted by molar-refractivity contribution is 7.11. The Labute approximate surface area is 166 Å². The van der Waals surface area contributed by atoms with E-state index >= 15 is 0 Å². The number of aryl methyl sites for hydroxylation is 3. The van der Waals surface area contributed by atoms with Gasteiger partial charge in [-0.15, -0.1) is 11.3 Å². The number of nitrogens with one attached hydrogen (secondary N) is 1. The minimum absolute atomic E-state index is 0.580. The van der Waals surface area contributed by atoms with Crippen molar-refractivity contribution in [3.8, 4) is 11.5 Å². The third kappa shape index (κ3) is 5.35. The zero-order chi connectivity index (χ0) is 20.0. The van der Waals surface area contributed by atoms with Crippen LogP contribution >= 0.6 is 11.3 Å². The molecule has 1 N–H and O–H groups in total. The van der Waals surface area contributed by atoms with Crippen LogP contribution in [-0.2, 0) is 13.1 Å². The second-order valence-corrected chi connectivity index (χ2v) is 7.70. The summed E-state index contributed by atoms with van der Waals surface area (Å²) >= 11 is 1.71. The summed E-state index contributed by atoms with van der Waals surface area (Å²) in [6.07, 6.45) is 0. The van der Waals surface area contributed by atoms with Crippen LogP contribution in [0, 0.1) is 20.8 Å². The van der Waals surface area contributed by atoms with Gasteiger partial charge in [-0.3, -0.25) is 0 Å². The lowest BCUT2D eigenvalue weighted by Gasteiger charge is -2.23. The highest BCUT2D eigenvalue weighted by atomic mass is 32.1. The summed E-state index contributed by atoms with van der Waals surface area (Å²) in [6.45, 7) is 10.4. The van der Waals surface area contributed by atoms with Crippen molar-refractivity contribution in [1.82, 2.24) is 15.2 Å². The van der Waals surface area contributed by atoms with Crippen LogP contribution in [0.2, 0.25) is 0 Å². The van der Waals surface area contributed by atoms with Crippen LogP contribution in [0.5, 0.6) is 11.5 Å². The van der Waals surface area contributed by atoms with Crippen molar-refractivity contribution in [2.45, 2.75) is 40.8 Å². The summed E-state index contributed by atoms with van der Waals surface area (Å²) in [5, 5.41) is 4.40. The molecule has 148 valence electrons. The number of hydrogen-bond acceptors (Lipinski definition) is 5. The van der Waals surface area contributed by atoms with Gasteiger partial charge in [-0.05, 0) is 51.0 Å². The predicted octanol–water partition coefficient (Wildman–Crippen LogP) is 3.68. The normalized spacial score (nSPS) is 11.4. The minimum atomic E-state index is 0.580. The van der Waals surface area contributed by atoms with E-state index in [4.69, 9.17) is 14.5 Å². The molecular weight excluding hydrogens is 360 g/mol. The Kier molecular flexibility index (Phi) is 7.47. The zero-order valence-corrected chi connectivity index (χ0v) is 18.2. The lowest BCUT2D eigenvalue weighted by atomic mass is 10.1. The standard InChI is InChI=1S/C20H30N4O2S/c1-8-21-20(22-11-19-23-14(3)15(4)27-19)24(5)12-16-10-18(26-7)17(25-6)9-13(16)2/h9-10H,8,11-12H2,1-7H3,(H,21,22). The molecule has 0 amide bonds. The number of benzene rings is 1. The summed E-state index contributed by atoms with van der Waals surface area (Å²) < 4.78 is 10.8. The van der Waals surface area contributed by atoms with Crippen LogP contribution in [0.15, 0.2) is 17.1 Å². The van der Waals surface area contributed by atoms with Crippen molar-refractivity contribution in [2.24, 2.45) is 4.99 Å². The Morgan fingerprint density at radius 2 is 1.85 bits per heavy atom. The molecule has 0 saturated carbocycles. The Morgan fingerprint density at radius 1 is 1.19 bits per heavy atom. The summed E-state index contributed by atoms with van der Waals surface area (Å²) in [4.78, 5) is 12.7. The van der Waals surface area contributed by atoms with Crippen LogP contribution in [0.3, 0.4) is 0 Å². The van der Waals surface area contributed by atoms with Gasteiger partial charge < -0.3 is 19.7 Å². The number of rotatable bonds is 7. The second kappa shape index (κ2) is 9.60. The van der Waals surface area contributed by atoms with E-state index in [1.807, 2.05) is 26.1 Å². The van der Waals surface area contributed by atoms with Gasteiger partial charge in [0, 0.05) is 25.0 Å². The first-order valence-electron chi connectivity index (χ1n) is 9.03. The van der Waals surface area contributed by atoms with Gasteiger partial charge in [0.25, 0.3) is 0 Å². The molecule has 0 aliphatic rings. The first-order chi connectivity index (χ1) is 12.9. The molecule has 7 heteroatoms. The Hall–Kier alpha value is -2.28. The molecule has 1 aromatic heterocycles. The van der Waals surface area contributed by atoms with E-state index in [9.17, 15) is 0 Å². The number of nitrogens with zero attached hydrogens (tertiary/aromatic N) is 3. The zero-order valence-electron chi connectivity index (χ0n) is 17.3. The average Bonchev–Trinajstić information content (AvgIpc) is 2.97. The maximum absolute atomic E-state index is 5.44. The van der Waals surface area contributed by atoms with E-state index < -0.39 is 0 Å². The van der Waals surface area contributed by atoms with E-state index in [1.54, 1.807) is 25.6 Å². The van der Waals surface area contributed by atoms with Crippen molar-refractivity contribution < 1.29 is 9.47 Å². The lowest BCUT2D eigenvalue weighted by molar-refractivity contribution is 0.353. The molecule has 6 nitrogen and oxygen atoms in total. The Balaban J connectivity index is 2.19. The van der Waals surface area contributed by atoms with Gasteiger partial charge in [0.15, 0.2) is 17.5 Å². The molecule has 0 aliphatic carbocycles. The molecule has 0 radical (unpaired) electrons. The number of hydrogen-bond donors (Lipinski definition) is 1. The van der Waals surface area contributed by atoms with Gasteiger partial charge >= 0.3 is 0 Å². The monoisotopic (exact) mass is 390 g/mol. The number of aromatic nitrogens is 1. The summed E-state index contributed by atoms with van der Waals surface area (Å²) in [6, 6.07) is 4.04. The molecular formula is C20H30N4O2S. The minimum Gasteiger partial charge on any atom is -0.493 e. The van der Waals surface area contributed by atoms with Crippen molar-refractivity contribution in [3.05, 3.63) is 38.8 Å². The van der Waals surface area contributed by atoms with Gasteiger partial charge in [0.1, 0.15) is 5.01 Å². The number of ether oxygens (including phenoxy) is 2. The van der Waals surface area contributed by atoms with Gasteiger partial charge in [0.05, 0.1) is 26.5 Å². The fraction of sp³-hybridized carbons (Fsp3) is 0.500. The second-order valence-electron chi connectivity index (χ2n) is 6.41. The topological polar surface area (TPSA) is 59.0 Å². The van der Waals surface area contributed by atoms with Crippen molar-refractivity contribution in [2.75, 3.05) is 27.8 Å². The molecule has 27 heavy (non-hydrogen) atoms. The summed E-state index contributed by atoms with van der Waals surface area (Å²) in [5.41, 5.74) is 3.41. The van der Waals surface area contributed by atoms with Gasteiger partial charge in [-0.25, -0.2) is 9.98 Å². The van der Waals surface area contributed by atoms with E-state index in [1.165, 1.54) is 10.4 Å². The van der Waals surface area contributed by atoms with Gasteiger partial charge in [-0.1, -0.05) is 0 Å². The molecule has 0 saturated heterocycles. The van der Waals surface area contributed by atoms with Crippen LogP contribution in [-0.4, -0.2) is 43.7 Å². The first-order valence-corrected chi connectivity index (χ1v) is 9.85. The van der Waals surface area contributed by atoms with Gasteiger partial charge in [0.2, 0.25) is 0 Å². The quantitative estimate of drug-likeness (QED) is 0.577. The predicted molar refractivity (Wildman–Crippen MR) is 112 cm³/mol. The summed E-state index contributed by atoms with van der Waals surface area (Å²) in [7, 11) is 5.35. The molecule has 0 fully saturated rings. The number of aliphatic imine (C=N–C) groups is 1. The average molecular weight is 391 g/mol. The lowest BCUT2D eigenvalue weighted by Crippen LogP contribution is -2.38. The molecule has 0 bridgehead atoms. The van der Waals surface area contributed by atoms with E-state index in [0.29, 0.717) is 13.1 Å². The molecule has 2 aromatic rings. The van der Waals surface area contributed by atoms with Crippen LogP contribution < -0.4 is 14.8 Å². The first kappa shape index (κ1) is 21.0. The number of methoxy groups -OCH3 is 2. The van der Waals surface area contributed by atoms with E-state index in [2.05, 4.69) is 36.0 Å². The third-order valence-electron chi connectivity index (χ3n) is 4.38. The van der Waals surface area contributed by atoms with Crippen LogP contribution in [0.4, 0.5) is 0 Å². The molecule has 2 rings (SSSR count). The molecule has 0 spiro atoms. The highest BCUT2D eigenvalue weighted by Crippen LogP contribution is 2.30. The van der Waals surface area contributed by atoms with Gasteiger partial charge in [-0.2, -0.15) is 0 Å². The van der Waals surface area contributed by atoms with E-state index in [0.717, 1.165) is 40.3 Å². The molecule has 0 aliphatic heterocycles. The fourth-order valence-corrected chi connectivity index (χ4v) is 3.60. The van der Waals surface area contributed by atoms with Crippen LogP contribution in [0.1, 0.15) is 33.6 Å². The highest BCUT2D eigenvalue weighted by Gasteiger charge is 2.13. The molecule has 0 unspecified atom stereocenters. The number of thiazole rings is 1. The molecule has 1 aromatic carbocycles. The Morgan fingerprint density at radius 3 is 2.41 bits per heavy atom. The van der Waals surface area contributed by atoms with Crippen LogP contribution in [0.25, 0.3) is 0 Å². The van der Waals surface area contributed by atoms with Crippen molar-refractivity contribution in [3.63, 3.8) is 0 Å². The largest absolute Gasteiger partial charge is 0.493 e. The van der Waals surface area contributed by atoms with Crippen molar-refractivity contribution in [1.29, 1.82) is 0 Å². The molecule has 0 atom stereocenters. The summed E-state index contributed by atoms with van der Waals surface area (Å²) in [5.74, 6) is 2.34. The molecule has 1 heterocycles. The number of guanidine groups is 1. The maximum atomic E-state index is 5.44. The van der Waals surface area contributed by atoms with E-state index in [-0.39, 0.29) is 0 Å². The maximum Gasteiger partial charge on any atom is 0.194 e. The third-order valence-corrected chi connectivity index (χ3v) is 5.44. The van der Waals surface area contributed by atoms with Crippen molar-refractivity contribution >= 4 is 17.3 Å². The Bertz CT molecular complexity index is 782. The fourth-order valence-electron chi connectivity index (χ4n) is 2.74. The smallest absolute Gasteiger partial charge is 0.194 e.